The van der Waals surface area contributed by atoms with Crippen molar-refractivity contribution >= 4 is 49.3 Å². The third-order valence-corrected chi connectivity index (χ3v) is 6.98. The smallest absolute Gasteiger partial charge is 0.183 e. The summed E-state index contributed by atoms with van der Waals surface area (Å²) in [6.07, 6.45) is 0.966. The lowest BCUT2D eigenvalue weighted by molar-refractivity contribution is 0.503. The predicted molar refractivity (Wildman–Crippen MR) is 124 cm³/mol. The summed E-state index contributed by atoms with van der Waals surface area (Å²) in [4.78, 5) is 9.45. The summed E-state index contributed by atoms with van der Waals surface area (Å²) in [5.74, 6) is 1.74. The van der Waals surface area contributed by atoms with E-state index in [1.165, 1.54) is 15.8 Å². The van der Waals surface area contributed by atoms with Gasteiger partial charge in [0.15, 0.2) is 10.3 Å². The molecule has 6 heteroatoms. The fraction of sp³-hybridized carbons (Fsp3) is 0.364. The maximum Gasteiger partial charge on any atom is 0.183 e. The predicted octanol–water partition coefficient (Wildman–Crippen LogP) is 5.61. The molecule has 1 aromatic heterocycles. The molecule has 0 radical (unpaired) electrons. The molecule has 3 aromatic rings. The number of aryl methyl sites for hydroxylation is 1. The molecule has 0 unspecified atom stereocenters. The molecule has 4 rings (SSSR count). The van der Waals surface area contributed by atoms with Gasteiger partial charge in [0.2, 0.25) is 0 Å². The van der Waals surface area contributed by atoms with Crippen LogP contribution in [-0.2, 0) is 6.42 Å². The monoisotopic (exact) mass is 410 g/mol. The molecule has 1 saturated heterocycles. The summed E-state index contributed by atoms with van der Waals surface area (Å²) in [6.45, 7) is 7.48. The van der Waals surface area contributed by atoms with Gasteiger partial charge in [0.05, 0.1) is 15.9 Å². The summed E-state index contributed by atoms with van der Waals surface area (Å²) in [5, 5.41) is 9.02. The van der Waals surface area contributed by atoms with Gasteiger partial charge >= 0.3 is 0 Å². The van der Waals surface area contributed by atoms with Gasteiger partial charge in [-0.1, -0.05) is 61.2 Å². The zero-order chi connectivity index (χ0) is 19.5. The van der Waals surface area contributed by atoms with Crippen molar-refractivity contribution in [1.29, 1.82) is 0 Å². The van der Waals surface area contributed by atoms with Crippen molar-refractivity contribution in [2.75, 3.05) is 17.6 Å². The molecule has 1 aliphatic rings. The quantitative estimate of drug-likeness (QED) is 0.555. The lowest BCUT2D eigenvalue weighted by Gasteiger charge is -2.13. The van der Waals surface area contributed by atoms with Crippen LogP contribution in [0.1, 0.15) is 25.0 Å². The van der Waals surface area contributed by atoms with E-state index in [0.717, 1.165) is 40.2 Å². The highest BCUT2D eigenvalue weighted by molar-refractivity contribution is 8.14. The molecule has 146 valence electrons. The SMILES string of the molecule is Cc1cccc2sc(NCCc3ccc(/N=C4/N[C@@H](C(C)C)CS4)cc3)nc12. The molecule has 0 spiro atoms. The summed E-state index contributed by atoms with van der Waals surface area (Å²) in [7, 11) is 0. The van der Waals surface area contributed by atoms with Gasteiger partial charge in [-0.2, -0.15) is 0 Å². The Balaban J connectivity index is 1.31. The van der Waals surface area contributed by atoms with E-state index in [0.29, 0.717) is 12.0 Å². The molecule has 2 aromatic carbocycles. The van der Waals surface area contributed by atoms with Crippen molar-refractivity contribution in [2.45, 2.75) is 33.2 Å². The molecule has 2 heterocycles. The number of anilines is 1. The lowest BCUT2D eigenvalue weighted by Crippen LogP contribution is -2.31. The number of thiazole rings is 1. The Hall–Kier alpha value is -2.05. The largest absolute Gasteiger partial charge is 0.361 e. The highest BCUT2D eigenvalue weighted by Crippen LogP contribution is 2.28. The van der Waals surface area contributed by atoms with E-state index in [9.17, 15) is 0 Å². The molecular weight excluding hydrogens is 384 g/mol. The van der Waals surface area contributed by atoms with Crippen molar-refractivity contribution in [2.24, 2.45) is 10.9 Å². The summed E-state index contributed by atoms with van der Waals surface area (Å²) < 4.78 is 1.24. The van der Waals surface area contributed by atoms with Crippen LogP contribution in [0.3, 0.4) is 0 Å². The maximum atomic E-state index is 4.74. The van der Waals surface area contributed by atoms with E-state index in [1.807, 2.05) is 11.8 Å². The van der Waals surface area contributed by atoms with Crippen LogP contribution in [0.15, 0.2) is 47.5 Å². The second kappa shape index (κ2) is 8.53. The molecule has 2 N–H and O–H groups in total. The van der Waals surface area contributed by atoms with Crippen LogP contribution in [0.5, 0.6) is 0 Å². The highest BCUT2D eigenvalue weighted by Gasteiger charge is 2.22. The Morgan fingerprint density at radius 3 is 2.75 bits per heavy atom. The maximum absolute atomic E-state index is 4.74. The number of nitrogens with one attached hydrogen (secondary N) is 2. The van der Waals surface area contributed by atoms with Crippen LogP contribution < -0.4 is 10.6 Å². The standard InChI is InChI=1S/C22H26N4S2/c1-14(2)18-13-27-22(25-18)24-17-9-7-16(8-10-17)11-12-23-21-26-20-15(3)5-4-6-19(20)28-21/h4-10,14,18H,11-13H2,1-3H3,(H,23,26)(H,24,25)/t18-/m1/s1. The lowest BCUT2D eigenvalue weighted by atomic mass is 10.1. The Morgan fingerprint density at radius 2 is 2.04 bits per heavy atom. The fourth-order valence-electron chi connectivity index (χ4n) is 3.16. The van der Waals surface area contributed by atoms with E-state index in [4.69, 9.17) is 9.98 Å². The Morgan fingerprint density at radius 1 is 1.21 bits per heavy atom. The number of hydrogen-bond donors (Lipinski definition) is 2. The zero-order valence-corrected chi connectivity index (χ0v) is 18.2. The van der Waals surface area contributed by atoms with Gasteiger partial charge in [0.25, 0.3) is 0 Å². The van der Waals surface area contributed by atoms with E-state index in [2.05, 4.69) is 73.9 Å². The normalized spacial score (nSPS) is 18.1. The minimum atomic E-state index is 0.528. The molecule has 1 atom stereocenters. The first kappa shape index (κ1) is 19.3. The zero-order valence-electron chi connectivity index (χ0n) is 16.5. The Labute approximate surface area is 174 Å². The van der Waals surface area contributed by atoms with Crippen molar-refractivity contribution in [3.05, 3.63) is 53.6 Å². The van der Waals surface area contributed by atoms with E-state index in [1.54, 1.807) is 11.3 Å². The number of rotatable bonds is 6. The third-order valence-electron chi connectivity index (χ3n) is 4.99. The first-order valence-corrected chi connectivity index (χ1v) is 11.6. The molecule has 1 fully saturated rings. The molecular formula is C22H26N4S2. The number of nitrogens with zero attached hydrogens (tertiary/aromatic N) is 2. The summed E-state index contributed by atoms with van der Waals surface area (Å²) in [6, 6.07) is 15.4. The van der Waals surface area contributed by atoms with E-state index >= 15 is 0 Å². The van der Waals surface area contributed by atoms with Gasteiger partial charge in [-0.3, -0.25) is 0 Å². The second-order valence-corrected chi connectivity index (χ2v) is 9.55. The Bertz CT molecular complexity index is 976. The number of thioether (sulfide) groups is 1. The van der Waals surface area contributed by atoms with Crippen LogP contribution in [-0.4, -0.2) is 28.5 Å². The van der Waals surface area contributed by atoms with Crippen LogP contribution >= 0.6 is 23.1 Å². The molecule has 28 heavy (non-hydrogen) atoms. The molecule has 0 amide bonds. The number of amidine groups is 1. The number of fused-ring (bicyclic) bond motifs is 1. The number of aliphatic imine (C=N–C) groups is 1. The average molecular weight is 411 g/mol. The summed E-state index contributed by atoms with van der Waals surface area (Å²) in [5.41, 5.74) is 4.66. The Kier molecular flexibility index (Phi) is 5.87. The first-order chi connectivity index (χ1) is 13.6. The van der Waals surface area contributed by atoms with Crippen LogP contribution in [0.25, 0.3) is 10.2 Å². The fourth-order valence-corrected chi connectivity index (χ4v) is 5.34. The number of hydrogen-bond acceptors (Lipinski definition) is 5. The van der Waals surface area contributed by atoms with Crippen molar-refractivity contribution in [3.63, 3.8) is 0 Å². The molecule has 0 aliphatic carbocycles. The van der Waals surface area contributed by atoms with Crippen molar-refractivity contribution in [3.8, 4) is 0 Å². The molecule has 0 saturated carbocycles. The van der Waals surface area contributed by atoms with Crippen molar-refractivity contribution in [1.82, 2.24) is 10.3 Å². The number of aromatic nitrogens is 1. The van der Waals surface area contributed by atoms with Gasteiger partial charge in [-0.05, 0) is 48.6 Å². The van der Waals surface area contributed by atoms with Gasteiger partial charge in [-0.25, -0.2) is 9.98 Å². The number of para-hydroxylation sites is 1. The second-order valence-electron chi connectivity index (χ2n) is 7.51. The van der Waals surface area contributed by atoms with Gasteiger partial charge in [0, 0.05) is 18.3 Å². The highest BCUT2D eigenvalue weighted by atomic mass is 32.2. The van der Waals surface area contributed by atoms with Crippen LogP contribution in [0, 0.1) is 12.8 Å². The first-order valence-electron chi connectivity index (χ1n) is 9.75. The topological polar surface area (TPSA) is 49.3 Å². The van der Waals surface area contributed by atoms with Crippen LogP contribution in [0.2, 0.25) is 0 Å². The summed E-state index contributed by atoms with van der Waals surface area (Å²) >= 11 is 3.53. The third kappa shape index (κ3) is 4.50. The molecule has 4 nitrogen and oxygen atoms in total. The minimum Gasteiger partial charge on any atom is -0.361 e. The number of benzene rings is 2. The van der Waals surface area contributed by atoms with Crippen molar-refractivity contribution < 1.29 is 0 Å². The van der Waals surface area contributed by atoms with Gasteiger partial charge in [0.1, 0.15) is 0 Å². The molecule has 0 bridgehead atoms. The molecule has 1 aliphatic heterocycles. The minimum absolute atomic E-state index is 0.528. The van der Waals surface area contributed by atoms with E-state index in [-0.39, 0.29) is 0 Å². The van der Waals surface area contributed by atoms with Gasteiger partial charge < -0.3 is 10.6 Å². The van der Waals surface area contributed by atoms with Gasteiger partial charge in [-0.15, -0.1) is 0 Å². The van der Waals surface area contributed by atoms with Crippen LogP contribution in [0.4, 0.5) is 10.8 Å². The average Bonchev–Trinajstić information content (AvgIpc) is 3.31. The van der Waals surface area contributed by atoms with E-state index < -0.39 is 0 Å².